The second kappa shape index (κ2) is 11.4. The number of carbonyl (C=O) groups excluding carboxylic acids is 2. The van der Waals surface area contributed by atoms with Gasteiger partial charge in [0.25, 0.3) is 0 Å². The number of ether oxygens (including phenoxy) is 2. The van der Waals surface area contributed by atoms with Crippen LogP contribution in [0.25, 0.3) is 0 Å². The van der Waals surface area contributed by atoms with E-state index in [2.05, 4.69) is 59.2 Å². The number of hydrogen-bond acceptors (Lipinski definition) is 7. The smallest absolute Gasteiger partial charge is 0.303 e. The molecular formula is C35H42N2O5. The fraction of sp³-hybridized carbons (Fsp3) is 0.571. The molecule has 1 heterocycles. The molecule has 0 unspecified atom stereocenters. The lowest BCUT2D eigenvalue weighted by molar-refractivity contribution is -0.150. The molecule has 1 aromatic carbocycles. The van der Waals surface area contributed by atoms with E-state index in [9.17, 15) is 14.8 Å². The third-order valence-corrected chi connectivity index (χ3v) is 11.0. The average Bonchev–Trinajstić information content (AvgIpc) is 3.32. The molecule has 0 amide bonds. The molecule has 0 bridgehead atoms. The standard InChI is InChI=1S/C35H42N2O5/c1-4-14-35(32(39)22-42-23(2)38)15-13-31-29-11-7-25-20-26(36-40)8-12-28(25)33(29)30(21-34(31,35)3)24-5-9-27(10-6-24)37-16-18-41-19-17-37/h5-6,9-10,20,29-31,40H,7-8,11-13,15-19,21-22H2,1-3H3/t29-,30+,31-,34-,35+/m0/s1. The predicted octanol–water partition coefficient (Wildman–Crippen LogP) is 5.83. The van der Waals surface area contributed by atoms with Gasteiger partial charge in [0.05, 0.1) is 24.3 Å². The Hall–Kier alpha value is -3.37. The zero-order valence-corrected chi connectivity index (χ0v) is 25.1. The monoisotopic (exact) mass is 570 g/mol. The molecule has 1 aromatic rings. The first kappa shape index (κ1) is 28.7. The van der Waals surface area contributed by atoms with Gasteiger partial charge in [-0.15, -0.1) is 5.92 Å². The molecule has 5 atom stereocenters. The van der Waals surface area contributed by atoms with Crippen molar-refractivity contribution in [2.75, 3.05) is 37.8 Å². The number of oxime groups is 1. The van der Waals surface area contributed by atoms with Crippen molar-refractivity contribution in [1.82, 2.24) is 0 Å². The fourth-order valence-corrected chi connectivity index (χ4v) is 9.05. The van der Waals surface area contributed by atoms with Crippen LogP contribution < -0.4 is 4.90 Å². The van der Waals surface area contributed by atoms with Crippen LogP contribution in [0.15, 0.2) is 52.2 Å². The molecule has 42 heavy (non-hydrogen) atoms. The Kier molecular flexibility index (Phi) is 7.78. The number of anilines is 1. The van der Waals surface area contributed by atoms with E-state index < -0.39 is 11.4 Å². The van der Waals surface area contributed by atoms with Crippen LogP contribution in [0.4, 0.5) is 5.69 Å². The molecule has 1 aliphatic heterocycles. The topological polar surface area (TPSA) is 88.4 Å². The molecule has 7 heteroatoms. The molecule has 1 N–H and O–H groups in total. The molecule has 6 rings (SSSR count). The molecule has 4 aliphatic carbocycles. The highest BCUT2D eigenvalue weighted by atomic mass is 16.5. The summed E-state index contributed by atoms with van der Waals surface area (Å²) in [5, 5.41) is 13.1. The van der Waals surface area contributed by atoms with E-state index >= 15 is 0 Å². The van der Waals surface area contributed by atoms with Crippen molar-refractivity contribution in [3.05, 3.63) is 52.6 Å². The summed E-state index contributed by atoms with van der Waals surface area (Å²) in [5.74, 6) is 6.88. The molecule has 1 saturated heterocycles. The molecule has 0 aromatic heterocycles. The van der Waals surface area contributed by atoms with Crippen molar-refractivity contribution < 1.29 is 24.3 Å². The summed E-state index contributed by atoms with van der Waals surface area (Å²) < 4.78 is 10.8. The molecular weight excluding hydrogens is 528 g/mol. The van der Waals surface area contributed by atoms with Crippen LogP contribution in [0, 0.1) is 34.5 Å². The molecule has 5 aliphatic rings. The lowest BCUT2D eigenvalue weighted by atomic mass is 9.48. The average molecular weight is 571 g/mol. The van der Waals surface area contributed by atoms with E-state index in [0.717, 1.165) is 70.5 Å². The lowest BCUT2D eigenvalue weighted by Crippen LogP contribution is -2.51. The van der Waals surface area contributed by atoms with Crippen LogP contribution >= 0.6 is 0 Å². The van der Waals surface area contributed by atoms with Gasteiger partial charge in [-0.1, -0.05) is 35.7 Å². The summed E-state index contributed by atoms with van der Waals surface area (Å²) in [7, 11) is 0. The zero-order valence-electron chi connectivity index (χ0n) is 25.1. The van der Waals surface area contributed by atoms with Gasteiger partial charge in [0.2, 0.25) is 0 Å². The highest BCUT2D eigenvalue weighted by molar-refractivity contribution is 5.97. The summed E-state index contributed by atoms with van der Waals surface area (Å²) in [6.07, 6.45) is 8.13. The maximum atomic E-state index is 14.0. The summed E-state index contributed by atoms with van der Waals surface area (Å²) in [6.45, 7) is 8.52. The van der Waals surface area contributed by atoms with Gasteiger partial charge in [0.15, 0.2) is 12.4 Å². The first-order valence-corrected chi connectivity index (χ1v) is 15.5. The normalized spacial score (nSPS) is 33.1. The van der Waals surface area contributed by atoms with Crippen molar-refractivity contribution in [2.45, 2.75) is 71.6 Å². The van der Waals surface area contributed by atoms with E-state index in [1.807, 2.05) is 6.92 Å². The van der Waals surface area contributed by atoms with Gasteiger partial charge in [-0.05, 0) is 104 Å². The number of rotatable bonds is 5. The highest BCUT2D eigenvalue weighted by Crippen LogP contribution is 2.69. The molecule has 7 nitrogen and oxygen atoms in total. The highest BCUT2D eigenvalue weighted by Gasteiger charge is 2.65. The molecule has 3 fully saturated rings. The fourth-order valence-electron chi connectivity index (χ4n) is 9.05. The van der Waals surface area contributed by atoms with Gasteiger partial charge in [0, 0.05) is 31.6 Å². The second-order valence-electron chi connectivity index (χ2n) is 12.8. The number of esters is 1. The first-order valence-electron chi connectivity index (χ1n) is 15.5. The van der Waals surface area contributed by atoms with E-state index in [0.29, 0.717) is 18.3 Å². The van der Waals surface area contributed by atoms with Crippen LogP contribution in [0.5, 0.6) is 0 Å². The quantitative estimate of drug-likeness (QED) is 0.208. The number of morpholine rings is 1. The summed E-state index contributed by atoms with van der Waals surface area (Å²) in [5.41, 5.74) is 6.32. The van der Waals surface area contributed by atoms with Crippen molar-refractivity contribution in [3.8, 4) is 11.8 Å². The van der Waals surface area contributed by atoms with Gasteiger partial charge < -0.3 is 19.6 Å². The number of benzene rings is 1. The van der Waals surface area contributed by atoms with Crippen molar-refractivity contribution in [3.63, 3.8) is 0 Å². The first-order chi connectivity index (χ1) is 20.3. The molecule has 0 radical (unpaired) electrons. The molecule has 0 spiro atoms. The number of hydrogen-bond donors (Lipinski definition) is 1. The Balaban J connectivity index is 1.45. The number of carbonyl (C=O) groups is 2. The third kappa shape index (κ3) is 4.68. The Morgan fingerprint density at radius 1 is 1.14 bits per heavy atom. The minimum atomic E-state index is -0.844. The van der Waals surface area contributed by atoms with Crippen LogP contribution in [0.2, 0.25) is 0 Å². The summed E-state index contributed by atoms with van der Waals surface area (Å²) >= 11 is 0. The molecule has 2 saturated carbocycles. The Morgan fingerprint density at radius 3 is 2.60 bits per heavy atom. The zero-order chi connectivity index (χ0) is 29.5. The number of fused-ring (bicyclic) bond motifs is 4. The van der Waals surface area contributed by atoms with Gasteiger partial charge >= 0.3 is 5.97 Å². The largest absolute Gasteiger partial charge is 0.458 e. The van der Waals surface area contributed by atoms with Gasteiger partial charge in [-0.25, -0.2) is 0 Å². The van der Waals surface area contributed by atoms with E-state index in [4.69, 9.17) is 9.47 Å². The molecule has 222 valence electrons. The SMILES string of the molecule is CC#C[C@]1(C(=O)COC(C)=O)CC[C@H]2[C@@H]3CCC4=CC(=NO)CCC4=C3[C@@H](c3ccc(N4CCOCC4)cc3)C[C@@]21C. The lowest BCUT2D eigenvalue weighted by Gasteiger charge is -2.54. The van der Waals surface area contributed by atoms with Crippen LogP contribution in [0.1, 0.15) is 77.2 Å². The maximum absolute atomic E-state index is 14.0. The second-order valence-corrected chi connectivity index (χ2v) is 12.8. The van der Waals surface area contributed by atoms with E-state index in [1.165, 1.54) is 34.9 Å². The van der Waals surface area contributed by atoms with Crippen molar-refractivity contribution in [1.29, 1.82) is 0 Å². The number of Topliss-reactive ketones (excluding diaryl/α,β-unsaturated/α-hetero) is 1. The Bertz CT molecular complexity index is 1410. The minimum Gasteiger partial charge on any atom is -0.458 e. The summed E-state index contributed by atoms with van der Waals surface area (Å²) in [4.78, 5) is 28.0. The minimum absolute atomic E-state index is 0.0626. The van der Waals surface area contributed by atoms with E-state index in [1.54, 1.807) is 0 Å². The maximum Gasteiger partial charge on any atom is 0.303 e. The Labute approximate surface area is 249 Å². The number of ketones is 1. The number of allylic oxidation sites excluding steroid dienone is 4. The predicted molar refractivity (Wildman–Crippen MR) is 161 cm³/mol. The van der Waals surface area contributed by atoms with Crippen LogP contribution in [0.3, 0.4) is 0 Å². The van der Waals surface area contributed by atoms with E-state index in [-0.39, 0.29) is 23.7 Å². The third-order valence-electron chi connectivity index (χ3n) is 11.0. The van der Waals surface area contributed by atoms with Crippen LogP contribution in [-0.2, 0) is 19.1 Å². The van der Waals surface area contributed by atoms with Gasteiger partial charge in [-0.2, -0.15) is 0 Å². The number of nitrogens with zero attached hydrogens (tertiary/aromatic N) is 2. The van der Waals surface area contributed by atoms with Gasteiger partial charge in [0.1, 0.15) is 0 Å². The van der Waals surface area contributed by atoms with Crippen LogP contribution in [-0.4, -0.2) is 55.6 Å². The van der Waals surface area contributed by atoms with Gasteiger partial charge in [-0.3, -0.25) is 9.59 Å². The Morgan fingerprint density at radius 2 is 1.90 bits per heavy atom. The van der Waals surface area contributed by atoms with Crippen molar-refractivity contribution in [2.24, 2.45) is 27.8 Å². The summed E-state index contributed by atoms with van der Waals surface area (Å²) in [6, 6.07) is 9.06. The van der Waals surface area contributed by atoms with Crippen molar-refractivity contribution >= 4 is 23.2 Å².